The van der Waals surface area contributed by atoms with E-state index in [4.69, 9.17) is 0 Å². The van der Waals surface area contributed by atoms with Gasteiger partial charge in [0.1, 0.15) is 0 Å². The highest BCUT2D eigenvalue weighted by Crippen LogP contribution is 2.11. The van der Waals surface area contributed by atoms with Gasteiger partial charge in [-0.15, -0.1) is 5.10 Å². The molecule has 0 aliphatic carbocycles. The lowest BCUT2D eigenvalue weighted by Gasteiger charge is -2.05. The first-order valence-corrected chi connectivity index (χ1v) is 5.11. The third kappa shape index (κ3) is 3.06. The lowest BCUT2D eigenvalue weighted by atomic mass is 10.3. The molecule has 0 saturated carbocycles. The van der Waals surface area contributed by atoms with E-state index in [0.717, 1.165) is 12.1 Å². The van der Waals surface area contributed by atoms with Crippen LogP contribution in [-0.4, -0.2) is 25.9 Å². The van der Waals surface area contributed by atoms with Crippen LogP contribution < -0.4 is 5.32 Å². The van der Waals surface area contributed by atoms with Crippen LogP contribution in [0, 0.1) is 11.9 Å². The van der Waals surface area contributed by atoms with E-state index in [9.17, 15) is 13.6 Å². The van der Waals surface area contributed by atoms with Crippen LogP contribution in [-0.2, 0) is 11.3 Å². The number of amides is 1. The van der Waals surface area contributed by atoms with Crippen LogP contribution in [0.3, 0.4) is 0 Å². The summed E-state index contributed by atoms with van der Waals surface area (Å²) in [7, 11) is 0. The van der Waals surface area contributed by atoms with Crippen molar-refractivity contribution in [3.05, 3.63) is 36.4 Å². The number of hydrogen-bond acceptors (Lipinski definition) is 4. The molecule has 0 aliphatic rings. The maximum absolute atomic E-state index is 13.1. The van der Waals surface area contributed by atoms with Crippen LogP contribution in [0.5, 0.6) is 0 Å². The quantitative estimate of drug-likeness (QED) is 0.824. The van der Waals surface area contributed by atoms with Gasteiger partial charge < -0.3 is 5.32 Å². The maximum Gasteiger partial charge on any atom is 0.239 e. The molecule has 2 rings (SSSR count). The monoisotopic (exact) mass is 253 g/mol. The Morgan fingerprint density at radius 2 is 2.22 bits per heavy atom. The molecule has 0 fully saturated rings. The second kappa shape index (κ2) is 5.30. The Morgan fingerprint density at radius 3 is 2.89 bits per heavy atom. The molecule has 18 heavy (non-hydrogen) atoms. The third-order valence-electron chi connectivity index (χ3n) is 2.13. The smallest absolute Gasteiger partial charge is 0.239 e. The Hall–Kier alpha value is -2.38. The molecule has 2 heterocycles. The average Bonchev–Trinajstić information content (AvgIpc) is 2.83. The van der Waals surface area contributed by atoms with Crippen molar-refractivity contribution in [2.45, 2.75) is 13.0 Å². The topological polar surface area (TPSA) is 72.7 Å². The van der Waals surface area contributed by atoms with E-state index >= 15 is 0 Å². The molecule has 0 aromatic carbocycles. The SMILES string of the molecule is O=C(CCn1ccnn1)Nc1ccc(F)nc1F. The van der Waals surface area contributed by atoms with E-state index in [2.05, 4.69) is 20.6 Å². The normalized spacial score (nSPS) is 10.3. The number of rotatable bonds is 4. The van der Waals surface area contributed by atoms with E-state index in [-0.39, 0.29) is 12.1 Å². The third-order valence-corrected chi connectivity index (χ3v) is 2.13. The van der Waals surface area contributed by atoms with Gasteiger partial charge in [0.15, 0.2) is 0 Å². The molecule has 0 spiro atoms. The van der Waals surface area contributed by atoms with E-state index in [0.29, 0.717) is 6.54 Å². The highest BCUT2D eigenvalue weighted by molar-refractivity contribution is 5.90. The molecular formula is C10H9F2N5O. The minimum atomic E-state index is -1.05. The summed E-state index contributed by atoms with van der Waals surface area (Å²) in [5, 5.41) is 9.55. The molecule has 0 aliphatic heterocycles. The van der Waals surface area contributed by atoms with Gasteiger partial charge >= 0.3 is 0 Å². The zero-order valence-corrected chi connectivity index (χ0v) is 9.18. The zero-order valence-electron chi connectivity index (χ0n) is 9.18. The average molecular weight is 253 g/mol. The van der Waals surface area contributed by atoms with E-state index in [1.165, 1.54) is 10.9 Å². The molecule has 6 nitrogen and oxygen atoms in total. The molecule has 2 aromatic heterocycles. The fraction of sp³-hybridized carbons (Fsp3) is 0.200. The second-order valence-corrected chi connectivity index (χ2v) is 3.44. The fourth-order valence-electron chi connectivity index (χ4n) is 1.29. The molecule has 0 unspecified atom stereocenters. The van der Waals surface area contributed by atoms with Crippen molar-refractivity contribution in [2.24, 2.45) is 0 Å². The number of aryl methyl sites for hydroxylation is 1. The lowest BCUT2D eigenvalue weighted by Crippen LogP contribution is -2.16. The van der Waals surface area contributed by atoms with Gasteiger partial charge in [0.25, 0.3) is 0 Å². The van der Waals surface area contributed by atoms with E-state index in [1.807, 2.05) is 0 Å². The van der Waals surface area contributed by atoms with Gasteiger partial charge in [0.2, 0.25) is 17.8 Å². The van der Waals surface area contributed by atoms with Gasteiger partial charge in [-0.2, -0.15) is 13.8 Å². The Morgan fingerprint density at radius 1 is 1.39 bits per heavy atom. The molecule has 1 N–H and O–H groups in total. The summed E-state index contributed by atoms with van der Waals surface area (Å²) >= 11 is 0. The number of pyridine rings is 1. The molecule has 0 radical (unpaired) electrons. The molecule has 0 saturated heterocycles. The fourth-order valence-corrected chi connectivity index (χ4v) is 1.29. The van der Waals surface area contributed by atoms with Crippen LogP contribution in [0.25, 0.3) is 0 Å². The summed E-state index contributed by atoms with van der Waals surface area (Å²) < 4.78 is 27.1. The van der Waals surface area contributed by atoms with Crippen molar-refractivity contribution in [3.8, 4) is 0 Å². The van der Waals surface area contributed by atoms with Crippen LogP contribution in [0.15, 0.2) is 24.5 Å². The van der Waals surface area contributed by atoms with Crippen LogP contribution in [0.4, 0.5) is 14.5 Å². The van der Waals surface area contributed by atoms with Crippen molar-refractivity contribution in [2.75, 3.05) is 5.32 Å². The van der Waals surface area contributed by atoms with Gasteiger partial charge in [0.05, 0.1) is 18.4 Å². The number of carbonyl (C=O) groups excluding carboxylic acids is 1. The van der Waals surface area contributed by atoms with Crippen molar-refractivity contribution in [1.29, 1.82) is 0 Å². The molecule has 1 amide bonds. The van der Waals surface area contributed by atoms with E-state index < -0.39 is 17.8 Å². The number of halogens is 2. The summed E-state index contributed by atoms with van der Waals surface area (Å²) in [6, 6.07) is 2.08. The number of aromatic nitrogens is 4. The first-order valence-electron chi connectivity index (χ1n) is 5.11. The summed E-state index contributed by atoms with van der Waals surface area (Å²) in [6.45, 7) is 0.322. The van der Waals surface area contributed by atoms with Gasteiger partial charge in [-0.05, 0) is 12.1 Å². The standard InChI is InChI=1S/C10H9F2N5O/c11-8-2-1-7(10(12)15-8)14-9(18)3-5-17-6-4-13-16-17/h1-2,4,6H,3,5H2,(H,14,18). The molecule has 8 heteroatoms. The molecule has 0 bridgehead atoms. The van der Waals surface area contributed by atoms with Gasteiger partial charge in [0, 0.05) is 12.6 Å². The highest BCUT2D eigenvalue weighted by atomic mass is 19.1. The number of anilines is 1. The Kier molecular flexibility index (Phi) is 3.56. The van der Waals surface area contributed by atoms with E-state index in [1.54, 1.807) is 6.20 Å². The van der Waals surface area contributed by atoms with Crippen molar-refractivity contribution < 1.29 is 13.6 Å². The molecule has 0 atom stereocenters. The van der Waals surface area contributed by atoms with Gasteiger partial charge in [-0.25, -0.2) is 0 Å². The Balaban J connectivity index is 1.91. The van der Waals surface area contributed by atoms with Crippen molar-refractivity contribution in [3.63, 3.8) is 0 Å². The first-order chi connectivity index (χ1) is 8.65. The Bertz CT molecular complexity index is 543. The first kappa shape index (κ1) is 12.1. The van der Waals surface area contributed by atoms with Crippen LogP contribution in [0.1, 0.15) is 6.42 Å². The molecule has 94 valence electrons. The predicted molar refractivity (Wildman–Crippen MR) is 57.4 cm³/mol. The number of carbonyl (C=O) groups is 1. The minimum Gasteiger partial charge on any atom is -0.322 e. The minimum absolute atomic E-state index is 0.0974. The lowest BCUT2D eigenvalue weighted by molar-refractivity contribution is -0.116. The Labute approximate surface area is 101 Å². The predicted octanol–water partition coefficient (Wildman–Crippen LogP) is 0.980. The number of nitrogens with zero attached hydrogens (tertiary/aromatic N) is 4. The van der Waals surface area contributed by atoms with Crippen molar-refractivity contribution >= 4 is 11.6 Å². The van der Waals surface area contributed by atoms with Crippen molar-refractivity contribution in [1.82, 2.24) is 20.0 Å². The highest BCUT2D eigenvalue weighted by Gasteiger charge is 2.09. The molecular weight excluding hydrogens is 244 g/mol. The summed E-state index contributed by atoms with van der Waals surface area (Å²) in [5.74, 6) is -2.41. The largest absolute Gasteiger partial charge is 0.322 e. The van der Waals surface area contributed by atoms with Crippen LogP contribution >= 0.6 is 0 Å². The summed E-state index contributed by atoms with van der Waals surface area (Å²) in [5.41, 5.74) is -0.153. The molecule has 2 aromatic rings. The number of nitrogens with one attached hydrogen (secondary N) is 1. The van der Waals surface area contributed by atoms with Gasteiger partial charge in [-0.1, -0.05) is 5.21 Å². The van der Waals surface area contributed by atoms with Gasteiger partial charge in [-0.3, -0.25) is 9.48 Å². The zero-order chi connectivity index (χ0) is 13.0. The summed E-state index contributed by atoms with van der Waals surface area (Å²) in [4.78, 5) is 14.4. The second-order valence-electron chi connectivity index (χ2n) is 3.44. The van der Waals surface area contributed by atoms with Crippen LogP contribution in [0.2, 0.25) is 0 Å². The number of hydrogen-bond donors (Lipinski definition) is 1. The summed E-state index contributed by atoms with van der Waals surface area (Å²) in [6.07, 6.45) is 3.19. The maximum atomic E-state index is 13.1.